The average molecular weight is 388 g/mol. The van der Waals surface area contributed by atoms with Crippen LogP contribution in [0.15, 0.2) is 0 Å². The van der Waals surface area contributed by atoms with E-state index < -0.39 is 0 Å². The number of fused-ring (bicyclic) bond motifs is 5. The molecule has 0 amide bonds. The minimum absolute atomic E-state index is 0.174. The molecule has 4 saturated carbocycles. The number of nitrogens with zero attached hydrogens (tertiary/aromatic N) is 1. The highest BCUT2D eigenvalue weighted by atomic mass is 16.3. The number of hydrogen-bond acceptors (Lipinski definition) is 3. The Balaban J connectivity index is 1.68. The zero-order valence-corrected chi connectivity index (χ0v) is 18.4. The van der Waals surface area contributed by atoms with Crippen LogP contribution in [0.25, 0.3) is 0 Å². The fourth-order valence-corrected chi connectivity index (χ4v) is 9.22. The molecule has 0 radical (unpaired) electrons. The first kappa shape index (κ1) is 20.7. The molecule has 0 bridgehead atoms. The molecule has 28 heavy (non-hydrogen) atoms. The van der Waals surface area contributed by atoms with Gasteiger partial charge >= 0.3 is 0 Å². The summed E-state index contributed by atoms with van der Waals surface area (Å²) in [5.74, 6) is 3.52. The van der Waals surface area contributed by atoms with Gasteiger partial charge in [0.05, 0.1) is 18.3 Å². The van der Waals surface area contributed by atoms with Crippen molar-refractivity contribution in [3.63, 3.8) is 0 Å². The lowest BCUT2D eigenvalue weighted by Gasteiger charge is -2.64. The number of aliphatic hydroxyl groups is 2. The van der Waals surface area contributed by atoms with Crippen molar-refractivity contribution in [2.24, 2.45) is 52.3 Å². The van der Waals surface area contributed by atoms with Crippen LogP contribution >= 0.6 is 0 Å². The number of nitriles is 1. The van der Waals surface area contributed by atoms with E-state index >= 15 is 0 Å². The SMILES string of the molecule is CC[C@H]1[C@@H](O)[C@@H]2[C@H](CC[C@]3(C)[C@@H]([C@H](C)CC#N)CC[C@@H]23)[C@@]2(C)CC[C@@H](O)C[C@@H]12. The lowest BCUT2D eigenvalue weighted by Crippen LogP contribution is -2.62. The van der Waals surface area contributed by atoms with Gasteiger partial charge in [-0.2, -0.15) is 5.26 Å². The van der Waals surface area contributed by atoms with E-state index in [1.54, 1.807) is 0 Å². The van der Waals surface area contributed by atoms with Gasteiger partial charge in [0.25, 0.3) is 0 Å². The maximum atomic E-state index is 11.7. The van der Waals surface area contributed by atoms with Crippen molar-refractivity contribution in [2.75, 3.05) is 0 Å². The van der Waals surface area contributed by atoms with Crippen LogP contribution in [0.4, 0.5) is 0 Å². The van der Waals surface area contributed by atoms with Gasteiger partial charge in [-0.05, 0) is 97.2 Å². The van der Waals surface area contributed by atoms with Gasteiger partial charge in [-0.25, -0.2) is 0 Å². The molecule has 4 fully saturated rings. The zero-order valence-electron chi connectivity index (χ0n) is 18.4. The molecule has 3 nitrogen and oxygen atoms in total. The summed E-state index contributed by atoms with van der Waals surface area (Å²) in [4.78, 5) is 0. The Bertz CT molecular complexity index is 629. The smallest absolute Gasteiger partial charge is 0.0624 e. The van der Waals surface area contributed by atoms with Crippen molar-refractivity contribution >= 4 is 0 Å². The summed E-state index contributed by atoms with van der Waals surface area (Å²) in [5.41, 5.74) is 0.565. The van der Waals surface area contributed by atoms with Crippen LogP contribution < -0.4 is 0 Å². The Morgan fingerprint density at radius 2 is 1.68 bits per heavy atom. The number of rotatable bonds is 3. The third-order valence-corrected chi connectivity index (χ3v) is 10.6. The Kier molecular flexibility index (Phi) is 5.37. The number of aliphatic hydroxyl groups excluding tert-OH is 2. The Morgan fingerprint density at radius 1 is 1.00 bits per heavy atom. The molecule has 0 spiro atoms. The van der Waals surface area contributed by atoms with E-state index in [4.69, 9.17) is 0 Å². The van der Waals surface area contributed by atoms with E-state index in [9.17, 15) is 15.5 Å². The zero-order chi connectivity index (χ0) is 20.3. The Morgan fingerprint density at radius 3 is 2.36 bits per heavy atom. The predicted molar refractivity (Wildman–Crippen MR) is 111 cm³/mol. The standard InChI is InChI=1S/C25H41NO2/c1-5-17-21-14-16(27)8-11-25(21,4)20-9-12-24(3)18(15(2)10-13-26)6-7-19(24)22(20)23(17)28/h15-23,27-28H,5-12,14H2,1-4H3/t15-,16-,17-,18-,19+,20+,21+,22+,23-,24-,25-/m1/s1. The molecule has 4 rings (SSSR count). The first-order chi connectivity index (χ1) is 13.3. The minimum Gasteiger partial charge on any atom is -0.393 e. The van der Waals surface area contributed by atoms with Crippen molar-refractivity contribution in [2.45, 2.75) is 97.7 Å². The quantitative estimate of drug-likeness (QED) is 0.703. The summed E-state index contributed by atoms with van der Waals surface area (Å²) in [5, 5.41) is 31.3. The van der Waals surface area contributed by atoms with Crippen LogP contribution in [0, 0.1) is 63.6 Å². The summed E-state index contributed by atoms with van der Waals surface area (Å²) in [7, 11) is 0. The molecule has 0 aromatic heterocycles. The Hall–Kier alpha value is -0.590. The summed E-state index contributed by atoms with van der Waals surface area (Å²) in [6.07, 6.45) is 9.20. The average Bonchev–Trinajstić information content (AvgIpc) is 3.01. The predicted octanol–water partition coefficient (Wildman–Crippen LogP) is 5.16. The maximum Gasteiger partial charge on any atom is 0.0624 e. The molecule has 11 atom stereocenters. The summed E-state index contributed by atoms with van der Waals surface area (Å²) < 4.78 is 0. The summed E-state index contributed by atoms with van der Waals surface area (Å²) >= 11 is 0. The third kappa shape index (κ3) is 2.81. The van der Waals surface area contributed by atoms with E-state index in [-0.39, 0.29) is 23.0 Å². The van der Waals surface area contributed by atoms with E-state index in [0.29, 0.717) is 47.8 Å². The molecule has 158 valence electrons. The van der Waals surface area contributed by atoms with Gasteiger partial charge in [0.1, 0.15) is 0 Å². The molecule has 4 aliphatic rings. The Labute approximate surface area is 171 Å². The second kappa shape index (κ2) is 7.28. The summed E-state index contributed by atoms with van der Waals surface area (Å²) in [6, 6.07) is 2.41. The molecule has 0 heterocycles. The topological polar surface area (TPSA) is 64.2 Å². The molecule has 0 unspecified atom stereocenters. The van der Waals surface area contributed by atoms with Gasteiger partial charge < -0.3 is 10.2 Å². The minimum atomic E-state index is -0.215. The fraction of sp³-hybridized carbons (Fsp3) is 0.960. The first-order valence-corrected chi connectivity index (χ1v) is 12.0. The highest BCUT2D eigenvalue weighted by Gasteiger charge is 2.64. The molecule has 3 heteroatoms. The second-order valence-corrected chi connectivity index (χ2v) is 11.5. The van der Waals surface area contributed by atoms with Crippen LogP contribution in [0.1, 0.15) is 85.5 Å². The molecular weight excluding hydrogens is 346 g/mol. The van der Waals surface area contributed by atoms with E-state index in [1.807, 2.05) is 0 Å². The lowest BCUT2D eigenvalue weighted by molar-refractivity contribution is -0.203. The van der Waals surface area contributed by atoms with Crippen LogP contribution in [0.2, 0.25) is 0 Å². The van der Waals surface area contributed by atoms with Crippen molar-refractivity contribution in [1.82, 2.24) is 0 Å². The van der Waals surface area contributed by atoms with E-state index in [1.165, 1.54) is 25.7 Å². The molecule has 0 aromatic rings. The van der Waals surface area contributed by atoms with Crippen LogP contribution in [0.5, 0.6) is 0 Å². The van der Waals surface area contributed by atoms with E-state index in [2.05, 4.69) is 33.8 Å². The van der Waals surface area contributed by atoms with Crippen LogP contribution in [-0.2, 0) is 0 Å². The number of hydrogen-bond donors (Lipinski definition) is 2. The van der Waals surface area contributed by atoms with Gasteiger partial charge in [-0.15, -0.1) is 0 Å². The van der Waals surface area contributed by atoms with Gasteiger partial charge in [0, 0.05) is 6.42 Å². The molecule has 2 N–H and O–H groups in total. The normalized spacial score (nSPS) is 54.2. The van der Waals surface area contributed by atoms with Crippen molar-refractivity contribution in [1.29, 1.82) is 5.26 Å². The van der Waals surface area contributed by atoms with Crippen molar-refractivity contribution in [3.8, 4) is 6.07 Å². The van der Waals surface area contributed by atoms with E-state index in [0.717, 1.165) is 25.7 Å². The third-order valence-electron chi connectivity index (χ3n) is 10.6. The van der Waals surface area contributed by atoms with Gasteiger partial charge in [-0.3, -0.25) is 0 Å². The van der Waals surface area contributed by atoms with Crippen LogP contribution in [0.3, 0.4) is 0 Å². The van der Waals surface area contributed by atoms with Crippen LogP contribution in [-0.4, -0.2) is 22.4 Å². The van der Waals surface area contributed by atoms with Crippen molar-refractivity contribution in [3.05, 3.63) is 0 Å². The molecule has 0 saturated heterocycles. The molecule has 0 aromatic carbocycles. The monoisotopic (exact) mass is 387 g/mol. The second-order valence-electron chi connectivity index (χ2n) is 11.5. The fourth-order valence-electron chi connectivity index (χ4n) is 9.22. The lowest BCUT2D eigenvalue weighted by atomic mass is 9.41. The molecular formula is C25H41NO2. The molecule has 0 aliphatic heterocycles. The highest BCUT2D eigenvalue weighted by Crippen LogP contribution is 2.69. The maximum absolute atomic E-state index is 11.7. The van der Waals surface area contributed by atoms with Crippen molar-refractivity contribution < 1.29 is 10.2 Å². The van der Waals surface area contributed by atoms with Gasteiger partial charge in [0.15, 0.2) is 0 Å². The van der Waals surface area contributed by atoms with Gasteiger partial charge in [0.2, 0.25) is 0 Å². The first-order valence-electron chi connectivity index (χ1n) is 12.0. The highest BCUT2D eigenvalue weighted by molar-refractivity contribution is 5.13. The summed E-state index contributed by atoms with van der Waals surface area (Å²) in [6.45, 7) is 9.51. The largest absolute Gasteiger partial charge is 0.393 e. The molecule has 4 aliphatic carbocycles. The van der Waals surface area contributed by atoms with Gasteiger partial charge in [-0.1, -0.05) is 34.1 Å².